The second-order valence-electron chi connectivity index (χ2n) is 10.3. The number of aromatic nitrogens is 1. The fourth-order valence-electron chi connectivity index (χ4n) is 6.31. The zero-order chi connectivity index (χ0) is 26.2. The van der Waals surface area contributed by atoms with E-state index in [1.165, 1.54) is 4.90 Å². The Kier molecular flexibility index (Phi) is 6.71. The molecule has 3 aromatic rings. The number of aromatic amines is 1. The number of carbonyl (C=O) groups is 2. The van der Waals surface area contributed by atoms with Gasteiger partial charge in [-0.05, 0) is 29.3 Å². The quantitative estimate of drug-likeness (QED) is 0.490. The van der Waals surface area contributed by atoms with E-state index in [9.17, 15) is 9.59 Å². The summed E-state index contributed by atoms with van der Waals surface area (Å²) in [4.78, 5) is 36.3. The Morgan fingerprint density at radius 2 is 1.84 bits per heavy atom. The maximum absolute atomic E-state index is 13.9. The summed E-state index contributed by atoms with van der Waals surface area (Å²) in [5, 5.41) is 1.10. The van der Waals surface area contributed by atoms with Crippen LogP contribution in [-0.4, -0.2) is 92.8 Å². The Morgan fingerprint density at radius 3 is 2.63 bits per heavy atom. The molecule has 9 heteroatoms. The molecule has 9 nitrogen and oxygen atoms in total. The highest BCUT2D eigenvalue weighted by Crippen LogP contribution is 2.44. The molecule has 0 bridgehead atoms. The van der Waals surface area contributed by atoms with E-state index in [2.05, 4.69) is 11.1 Å². The minimum atomic E-state index is -0.545. The minimum Gasteiger partial charge on any atom is -0.493 e. The molecule has 0 saturated carbocycles. The Labute approximate surface area is 222 Å². The van der Waals surface area contributed by atoms with Crippen molar-refractivity contribution in [3.05, 3.63) is 59.3 Å². The Balaban J connectivity index is 1.34. The summed E-state index contributed by atoms with van der Waals surface area (Å²) < 4.78 is 16.5. The van der Waals surface area contributed by atoms with Gasteiger partial charge in [0, 0.05) is 36.0 Å². The van der Waals surface area contributed by atoms with Crippen molar-refractivity contribution in [2.75, 3.05) is 60.2 Å². The first-order chi connectivity index (χ1) is 18.6. The van der Waals surface area contributed by atoms with Crippen LogP contribution in [0, 0.1) is 0 Å². The number of benzene rings is 2. The van der Waals surface area contributed by atoms with Crippen LogP contribution in [0.25, 0.3) is 10.9 Å². The van der Waals surface area contributed by atoms with E-state index >= 15 is 0 Å². The van der Waals surface area contributed by atoms with Crippen LogP contribution < -0.4 is 14.4 Å². The van der Waals surface area contributed by atoms with Gasteiger partial charge in [-0.3, -0.25) is 9.59 Å². The SMILES string of the molecule is COc1ccc([C@H]2c3[nH]c4ccccc4c3C[C@H]3C(=O)N(CCC[NH+]4CCOCC4)CC(=O)N23)cc1OC. The summed E-state index contributed by atoms with van der Waals surface area (Å²) in [5.74, 6) is 1.21. The molecule has 2 aromatic carbocycles. The van der Waals surface area contributed by atoms with Crippen molar-refractivity contribution in [2.45, 2.75) is 24.9 Å². The van der Waals surface area contributed by atoms with E-state index in [-0.39, 0.29) is 18.4 Å². The van der Waals surface area contributed by atoms with Crippen molar-refractivity contribution in [3.8, 4) is 11.5 Å². The predicted octanol–water partition coefficient (Wildman–Crippen LogP) is 1.18. The fourth-order valence-corrected chi connectivity index (χ4v) is 6.31. The highest BCUT2D eigenvalue weighted by atomic mass is 16.5. The molecule has 0 unspecified atom stereocenters. The summed E-state index contributed by atoms with van der Waals surface area (Å²) >= 11 is 0. The molecule has 2 atom stereocenters. The number of carbonyl (C=O) groups excluding carboxylic acids is 2. The normalized spacial score (nSPS) is 21.9. The van der Waals surface area contributed by atoms with Crippen LogP contribution in [0.1, 0.15) is 29.3 Å². The van der Waals surface area contributed by atoms with Crippen LogP contribution in [0.5, 0.6) is 11.5 Å². The lowest BCUT2D eigenvalue weighted by atomic mass is 9.86. The second kappa shape index (κ2) is 10.3. The molecule has 6 rings (SSSR count). The Bertz CT molecular complexity index is 1350. The van der Waals surface area contributed by atoms with E-state index in [1.54, 1.807) is 24.0 Å². The average molecular weight is 520 g/mol. The number of piperazine rings is 1. The molecule has 1 aromatic heterocycles. The van der Waals surface area contributed by atoms with E-state index < -0.39 is 12.1 Å². The highest BCUT2D eigenvalue weighted by Gasteiger charge is 2.48. The van der Waals surface area contributed by atoms with Gasteiger partial charge in [0.15, 0.2) is 11.5 Å². The smallest absolute Gasteiger partial charge is 0.246 e. The summed E-state index contributed by atoms with van der Waals surface area (Å²) in [7, 11) is 3.21. The van der Waals surface area contributed by atoms with Crippen molar-refractivity contribution in [3.63, 3.8) is 0 Å². The number of hydrogen-bond donors (Lipinski definition) is 2. The van der Waals surface area contributed by atoms with Gasteiger partial charge in [-0.25, -0.2) is 0 Å². The summed E-state index contributed by atoms with van der Waals surface area (Å²) in [6, 6.07) is 12.9. The van der Waals surface area contributed by atoms with Gasteiger partial charge >= 0.3 is 0 Å². The van der Waals surface area contributed by atoms with Crippen molar-refractivity contribution >= 4 is 22.7 Å². The molecule has 2 amide bonds. The van der Waals surface area contributed by atoms with Crippen molar-refractivity contribution in [1.29, 1.82) is 0 Å². The lowest BCUT2D eigenvalue weighted by Crippen LogP contribution is -3.14. The number of quaternary nitrogens is 1. The number of fused-ring (bicyclic) bond motifs is 4. The Hall–Kier alpha value is -3.56. The number of nitrogens with zero attached hydrogens (tertiary/aromatic N) is 2. The van der Waals surface area contributed by atoms with Gasteiger partial charge in [0.2, 0.25) is 11.8 Å². The van der Waals surface area contributed by atoms with Gasteiger partial charge in [0.05, 0.1) is 46.6 Å². The third kappa shape index (κ3) is 4.29. The molecule has 2 saturated heterocycles. The zero-order valence-electron chi connectivity index (χ0n) is 22.0. The van der Waals surface area contributed by atoms with Crippen molar-refractivity contribution < 1.29 is 28.7 Å². The molecular formula is C29H35N4O5+. The molecular weight excluding hydrogens is 484 g/mol. The number of nitrogens with one attached hydrogen (secondary N) is 2. The third-order valence-corrected chi connectivity index (χ3v) is 8.22. The standard InChI is InChI=1S/C29H34N4O5/c1-36-24-9-8-19(16-25(24)37-2)28-27-21(20-6-3-4-7-22(20)30-27)17-23-29(35)32(18-26(34)33(23)28)11-5-10-31-12-14-38-15-13-31/h3-4,6-9,16,23,28,30H,5,10-15,17-18H2,1-2H3/p+1/t23-,28-/m0/s1. The number of ether oxygens (including phenoxy) is 3. The van der Waals surface area contributed by atoms with Crippen LogP contribution in [0.4, 0.5) is 0 Å². The number of methoxy groups -OCH3 is 2. The van der Waals surface area contributed by atoms with Crippen LogP contribution >= 0.6 is 0 Å². The maximum atomic E-state index is 13.9. The van der Waals surface area contributed by atoms with Crippen LogP contribution in [0.15, 0.2) is 42.5 Å². The molecule has 200 valence electrons. The first-order valence-corrected chi connectivity index (χ1v) is 13.4. The first kappa shape index (κ1) is 24.8. The van der Waals surface area contributed by atoms with Gasteiger partial charge in [-0.15, -0.1) is 0 Å². The van der Waals surface area contributed by atoms with Crippen molar-refractivity contribution in [2.24, 2.45) is 0 Å². The summed E-state index contributed by atoms with van der Waals surface area (Å²) in [6.45, 7) is 5.26. The zero-order valence-corrected chi connectivity index (χ0v) is 22.0. The molecule has 0 aliphatic carbocycles. The van der Waals surface area contributed by atoms with Gasteiger partial charge < -0.3 is 33.9 Å². The molecule has 2 fully saturated rings. The second-order valence-corrected chi connectivity index (χ2v) is 10.3. The maximum Gasteiger partial charge on any atom is 0.246 e. The van der Waals surface area contributed by atoms with Gasteiger partial charge in [0.1, 0.15) is 19.1 Å². The molecule has 3 aliphatic rings. The minimum absolute atomic E-state index is 0.0302. The van der Waals surface area contributed by atoms with Crippen LogP contribution in [0.2, 0.25) is 0 Å². The molecule has 0 radical (unpaired) electrons. The number of hydrogen-bond acceptors (Lipinski definition) is 5. The molecule has 2 N–H and O–H groups in total. The van der Waals surface area contributed by atoms with Crippen LogP contribution in [-0.2, 0) is 20.7 Å². The molecule has 38 heavy (non-hydrogen) atoms. The van der Waals surface area contributed by atoms with E-state index in [1.807, 2.05) is 36.4 Å². The van der Waals surface area contributed by atoms with Gasteiger partial charge in [0.25, 0.3) is 0 Å². The summed E-state index contributed by atoms with van der Waals surface area (Å²) in [6.07, 6.45) is 1.37. The number of rotatable bonds is 7. The average Bonchev–Trinajstić information content (AvgIpc) is 3.33. The van der Waals surface area contributed by atoms with Gasteiger partial charge in [-0.2, -0.15) is 0 Å². The molecule has 0 spiro atoms. The van der Waals surface area contributed by atoms with Crippen molar-refractivity contribution in [1.82, 2.24) is 14.8 Å². The molecule has 4 heterocycles. The van der Waals surface area contributed by atoms with E-state index in [4.69, 9.17) is 14.2 Å². The lowest BCUT2D eigenvalue weighted by molar-refractivity contribution is -0.908. The number of H-pyrrole nitrogens is 1. The predicted molar refractivity (Wildman–Crippen MR) is 142 cm³/mol. The number of morpholine rings is 1. The topological polar surface area (TPSA) is 88.5 Å². The number of para-hydroxylation sites is 1. The monoisotopic (exact) mass is 519 g/mol. The molecule has 3 aliphatic heterocycles. The first-order valence-electron chi connectivity index (χ1n) is 13.4. The van der Waals surface area contributed by atoms with Gasteiger partial charge in [-0.1, -0.05) is 24.3 Å². The summed E-state index contributed by atoms with van der Waals surface area (Å²) in [5.41, 5.74) is 3.95. The highest BCUT2D eigenvalue weighted by molar-refractivity contribution is 5.97. The van der Waals surface area contributed by atoms with E-state index in [0.29, 0.717) is 24.5 Å². The number of amides is 2. The van der Waals surface area contributed by atoms with Crippen LogP contribution in [0.3, 0.4) is 0 Å². The van der Waals surface area contributed by atoms with E-state index in [0.717, 1.165) is 67.0 Å². The third-order valence-electron chi connectivity index (χ3n) is 8.22. The largest absolute Gasteiger partial charge is 0.493 e. The fraction of sp³-hybridized carbons (Fsp3) is 0.448. The Morgan fingerprint density at radius 1 is 1.05 bits per heavy atom. The lowest BCUT2D eigenvalue weighted by Gasteiger charge is -2.47.